The molecule has 0 unspecified atom stereocenters. The van der Waals surface area contributed by atoms with Gasteiger partial charge >= 0.3 is 0 Å². The van der Waals surface area contributed by atoms with Crippen molar-refractivity contribution >= 4 is 0 Å². The van der Waals surface area contributed by atoms with E-state index in [-0.39, 0.29) is 26.4 Å². The van der Waals surface area contributed by atoms with Crippen molar-refractivity contribution in [2.75, 3.05) is 26.4 Å². The number of rotatable bonds is 11. The molecule has 0 aliphatic heterocycles. The third kappa shape index (κ3) is 5.44. The summed E-state index contributed by atoms with van der Waals surface area (Å²) in [6, 6.07) is 70.0. The van der Waals surface area contributed by atoms with E-state index in [0.717, 1.165) is 33.8 Å². The Labute approximate surface area is 339 Å². The van der Waals surface area contributed by atoms with Crippen LogP contribution in [0.2, 0.25) is 0 Å². The summed E-state index contributed by atoms with van der Waals surface area (Å²) in [5, 5.41) is 18.7. The molecular formula is C54H42O4. The molecule has 4 nitrogen and oxygen atoms in total. The van der Waals surface area contributed by atoms with Crippen molar-refractivity contribution in [2.24, 2.45) is 0 Å². The fourth-order valence-corrected chi connectivity index (χ4v) is 9.80. The Kier molecular flexibility index (Phi) is 9.01. The average Bonchev–Trinajstić information content (AvgIpc) is 3.77. The standard InChI is InChI=1S/C54H42O4/c55-33-35-57-43-29-25-41(26-30-43)53(49-13-5-1-9-45(49)46-10-2-6-14-50(46)53)39-21-17-37(18-22-39)38-19-23-40(24-20-38)54(42-27-31-44(32-28-42)58-36-34-56)51-15-7-3-11-47(51)48-12-4-8-16-52(48)54/h1-32,55-56H,33-36H2. The highest BCUT2D eigenvalue weighted by molar-refractivity contribution is 5.88. The molecule has 0 aromatic heterocycles. The van der Waals surface area contributed by atoms with Gasteiger partial charge in [-0.1, -0.05) is 170 Å². The Morgan fingerprint density at radius 3 is 0.845 bits per heavy atom. The lowest BCUT2D eigenvalue weighted by atomic mass is 9.67. The van der Waals surface area contributed by atoms with Crippen LogP contribution in [0.15, 0.2) is 194 Å². The van der Waals surface area contributed by atoms with Crippen molar-refractivity contribution in [3.8, 4) is 44.9 Å². The SMILES string of the molecule is OCCOc1ccc(C2(c3ccc(-c4ccc(C5(c6ccc(OCCO)cc6)c6ccccc6-c6ccccc65)cc4)cc3)c3ccccc3-c3ccccc32)cc1. The summed E-state index contributed by atoms with van der Waals surface area (Å²) < 4.78 is 11.6. The van der Waals surface area contributed by atoms with E-state index >= 15 is 0 Å². The van der Waals surface area contributed by atoms with Crippen molar-refractivity contribution in [1.29, 1.82) is 0 Å². The molecule has 8 aromatic carbocycles. The largest absolute Gasteiger partial charge is 0.491 e. The molecule has 282 valence electrons. The molecule has 0 saturated carbocycles. The Hall–Kier alpha value is -6.72. The van der Waals surface area contributed by atoms with Gasteiger partial charge in [-0.05, 0) is 102 Å². The molecule has 8 aromatic rings. The first-order valence-electron chi connectivity index (χ1n) is 20.0. The number of fused-ring (bicyclic) bond motifs is 6. The summed E-state index contributed by atoms with van der Waals surface area (Å²) >= 11 is 0. The molecule has 0 bridgehead atoms. The molecule has 58 heavy (non-hydrogen) atoms. The molecule has 0 atom stereocenters. The second kappa shape index (κ2) is 14.7. The highest BCUT2D eigenvalue weighted by atomic mass is 16.5. The smallest absolute Gasteiger partial charge is 0.119 e. The van der Waals surface area contributed by atoms with Crippen molar-refractivity contribution in [3.63, 3.8) is 0 Å². The van der Waals surface area contributed by atoms with Gasteiger partial charge in [-0.15, -0.1) is 0 Å². The summed E-state index contributed by atoms with van der Waals surface area (Å²) in [5.41, 5.74) is 15.9. The summed E-state index contributed by atoms with van der Waals surface area (Å²) in [4.78, 5) is 0. The molecule has 0 spiro atoms. The molecule has 10 rings (SSSR count). The molecule has 4 heteroatoms. The van der Waals surface area contributed by atoms with Gasteiger partial charge in [-0.3, -0.25) is 0 Å². The van der Waals surface area contributed by atoms with E-state index in [1.807, 2.05) is 24.3 Å². The van der Waals surface area contributed by atoms with E-state index in [1.165, 1.54) is 55.6 Å². The first kappa shape index (κ1) is 35.7. The number of aliphatic hydroxyl groups is 2. The zero-order valence-electron chi connectivity index (χ0n) is 32.0. The highest BCUT2D eigenvalue weighted by Crippen LogP contribution is 2.58. The number of aliphatic hydroxyl groups excluding tert-OH is 2. The molecule has 2 aliphatic carbocycles. The number of hydrogen-bond acceptors (Lipinski definition) is 4. The minimum atomic E-state index is -0.528. The number of benzene rings is 8. The maximum atomic E-state index is 9.36. The lowest BCUT2D eigenvalue weighted by Gasteiger charge is -2.34. The zero-order valence-corrected chi connectivity index (χ0v) is 32.0. The molecule has 2 N–H and O–H groups in total. The van der Waals surface area contributed by atoms with Crippen LogP contribution in [-0.4, -0.2) is 36.6 Å². The predicted octanol–water partition coefficient (Wildman–Crippen LogP) is 10.8. The molecule has 0 saturated heterocycles. The van der Waals surface area contributed by atoms with Gasteiger partial charge in [0.25, 0.3) is 0 Å². The molecule has 0 radical (unpaired) electrons. The van der Waals surface area contributed by atoms with Crippen molar-refractivity contribution in [3.05, 3.63) is 239 Å². The highest BCUT2D eigenvalue weighted by Gasteiger charge is 2.47. The fourth-order valence-electron chi connectivity index (χ4n) is 9.80. The van der Waals surface area contributed by atoms with E-state index in [1.54, 1.807) is 0 Å². The minimum Gasteiger partial charge on any atom is -0.491 e. The quantitative estimate of drug-likeness (QED) is 0.138. The second-order valence-corrected chi connectivity index (χ2v) is 15.0. The summed E-state index contributed by atoms with van der Waals surface area (Å²) in [7, 11) is 0. The zero-order chi connectivity index (χ0) is 39.1. The van der Waals surface area contributed by atoms with Crippen LogP contribution in [0.5, 0.6) is 11.5 Å². The predicted molar refractivity (Wildman–Crippen MR) is 232 cm³/mol. The van der Waals surface area contributed by atoms with E-state index in [4.69, 9.17) is 9.47 Å². The van der Waals surface area contributed by atoms with Gasteiger partial charge in [0.1, 0.15) is 24.7 Å². The third-order valence-corrected chi connectivity index (χ3v) is 12.2. The van der Waals surface area contributed by atoms with E-state index in [0.29, 0.717) is 0 Å². The van der Waals surface area contributed by atoms with Crippen molar-refractivity contribution < 1.29 is 19.7 Å². The Bertz CT molecular complexity index is 2450. The lowest BCUT2D eigenvalue weighted by Crippen LogP contribution is -2.28. The van der Waals surface area contributed by atoms with E-state index < -0.39 is 10.8 Å². The second-order valence-electron chi connectivity index (χ2n) is 15.0. The molecule has 0 heterocycles. The summed E-state index contributed by atoms with van der Waals surface area (Å²) in [6.45, 7) is 0.463. The van der Waals surface area contributed by atoms with Crippen LogP contribution >= 0.6 is 0 Å². The monoisotopic (exact) mass is 754 g/mol. The van der Waals surface area contributed by atoms with Crippen LogP contribution in [0.25, 0.3) is 33.4 Å². The van der Waals surface area contributed by atoms with Crippen LogP contribution in [0.3, 0.4) is 0 Å². The van der Waals surface area contributed by atoms with Gasteiger partial charge in [-0.2, -0.15) is 0 Å². The van der Waals surface area contributed by atoms with Gasteiger partial charge in [-0.25, -0.2) is 0 Å². The average molecular weight is 755 g/mol. The number of hydrogen-bond donors (Lipinski definition) is 2. The van der Waals surface area contributed by atoms with Gasteiger partial charge < -0.3 is 19.7 Å². The van der Waals surface area contributed by atoms with Gasteiger partial charge in [0.2, 0.25) is 0 Å². The van der Waals surface area contributed by atoms with Crippen LogP contribution < -0.4 is 9.47 Å². The van der Waals surface area contributed by atoms with Crippen LogP contribution in [0.4, 0.5) is 0 Å². The maximum Gasteiger partial charge on any atom is 0.119 e. The molecule has 0 fully saturated rings. The molecule has 2 aliphatic rings. The molecular weight excluding hydrogens is 713 g/mol. The Balaban J connectivity index is 1.07. The first-order valence-corrected chi connectivity index (χ1v) is 20.0. The minimum absolute atomic E-state index is 0.0271. The topological polar surface area (TPSA) is 58.9 Å². The Morgan fingerprint density at radius 2 is 0.569 bits per heavy atom. The Morgan fingerprint density at radius 1 is 0.310 bits per heavy atom. The van der Waals surface area contributed by atoms with Crippen LogP contribution in [0.1, 0.15) is 44.5 Å². The lowest BCUT2D eigenvalue weighted by molar-refractivity contribution is 0.201. The van der Waals surface area contributed by atoms with Crippen molar-refractivity contribution in [1.82, 2.24) is 0 Å². The summed E-state index contributed by atoms with van der Waals surface area (Å²) in [5.74, 6) is 1.48. The third-order valence-electron chi connectivity index (χ3n) is 12.2. The van der Waals surface area contributed by atoms with Crippen LogP contribution in [0, 0.1) is 0 Å². The van der Waals surface area contributed by atoms with Gasteiger partial charge in [0.15, 0.2) is 0 Å². The van der Waals surface area contributed by atoms with E-state index in [2.05, 4.69) is 170 Å². The van der Waals surface area contributed by atoms with E-state index in [9.17, 15) is 10.2 Å². The molecule has 0 amide bonds. The van der Waals surface area contributed by atoms with Crippen LogP contribution in [-0.2, 0) is 10.8 Å². The normalized spacial score (nSPS) is 13.9. The van der Waals surface area contributed by atoms with Gasteiger partial charge in [0, 0.05) is 0 Å². The maximum absolute atomic E-state index is 9.36. The fraction of sp³-hybridized carbons (Fsp3) is 0.111. The summed E-state index contributed by atoms with van der Waals surface area (Å²) in [6.07, 6.45) is 0. The first-order chi connectivity index (χ1) is 28.7. The van der Waals surface area contributed by atoms with Gasteiger partial charge in [0.05, 0.1) is 24.0 Å². The number of ether oxygens (including phenoxy) is 2. The van der Waals surface area contributed by atoms with Crippen molar-refractivity contribution in [2.45, 2.75) is 10.8 Å².